The lowest BCUT2D eigenvalue weighted by Crippen LogP contribution is -2.25. The molecule has 0 saturated heterocycles. The zero-order chi connectivity index (χ0) is 12.9. The average molecular weight is 257 g/mol. The average Bonchev–Trinajstić information content (AvgIpc) is 2.29. The molecule has 1 rings (SSSR count). The molecule has 1 aromatic carbocycles. The molecule has 0 aliphatic heterocycles. The highest BCUT2D eigenvalue weighted by Gasteiger charge is 2.18. The summed E-state index contributed by atoms with van der Waals surface area (Å²) >= 11 is 0. The first kappa shape index (κ1) is 14.2. The van der Waals surface area contributed by atoms with E-state index in [1.165, 1.54) is 0 Å². The molecule has 1 atom stereocenters. The van der Waals surface area contributed by atoms with Gasteiger partial charge in [0.05, 0.1) is 11.0 Å². The van der Waals surface area contributed by atoms with Gasteiger partial charge in [0.15, 0.2) is 0 Å². The smallest absolute Gasteiger partial charge is 0.240 e. The molecule has 2 N–H and O–H groups in total. The van der Waals surface area contributed by atoms with Crippen molar-refractivity contribution in [3.05, 3.63) is 29.8 Å². The van der Waals surface area contributed by atoms with Crippen LogP contribution in [-0.2, 0) is 16.4 Å². The molecule has 96 valence electrons. The number of rotatable bonds is 6. The van der Waals surface area contributed by atoms with Crippen molar-refractivity contribution in [2.45, 2.75) is 37.7 Å². The molecular weight excluding hydrogens is 238 g/mol. The van der Waals surface area contributed by atoms with E-state index >= 15 is 0 Å². The van der Waals surface area contributed by atoms with Gasteiger partial charge in [-0.1, -0.05) is 32.0 Å². The van der Waals surface area contributed by atoms with Crippen molar-refractivity contribution in [2.75, 3.05) is 6.54 Å². The van der Waals surface area contributed by atoms with Gasteiger partial charge in [0.2, 0.25) is 10.0 Å². The summed E-state index contributed by atoms with van der Waals surface area (Å²) in [6, 6.07) is 6.77. The highest BCUT2D eigenvalue weighted by atomic mass is 32.2. The van der Waals surface area contributed by atoms with E-state index < -0.39 is 16.1 Å². The molecule has 1 unspecified atom stereocenters. The van der Waals surface area contributed by atoms with E-state index in [9.17, 15) is 13.5 Å². The van der Waals surface area contributed by atoms with Gasteiger partial charge in [-0.05, 0) is 24.5 Å². The third kappa shape index (κ3) is 3.80. The van der Waals surface area contributed by atoms with Gasteiger partial charge in [0.25, 0.3) is 0 Å². The van der Waals surface area contributed by atoms with Crippen LogP contribution in [0.2, 0.25) is 0 Å². The van der Waals surface area contributed by atoms with Gasteiger partial charge in [0, 0.05) is 6.54 Å². The molecule has 0 radical (unpaired) electrons. The predicted octanol–water partition coefficient (Wildman–Crippen LogP) is 1.30. The van der Waals surface area contributed by atoms with Crippen LogP contribution in [0.5, 0.6) is 0 Å². The van der Waals surface area contributed by atoms with E-state index in [0.29, 0.717) is 24.9 Å². The molecule has 0 bridgehead atoms. The molecule has 0 spiro atoms. The highest BCUT2D eigenvalue weighted by molar-refractivity contribution is 7.89. The molecule has 0 aromatic heterocycles. The summed E-state index contributed by atoms with van der Waals surface area (Å²) in [6.45, 7) is 3.96. The van der Waals surface area contributed by atoms with Crippen molar-refractivity contribution in [2.24, 2.45) is 0 Å². The summed E-state index contributed by atoms with van der Waals surface area (Å²) in [7, 11) is -3.46. The zero-order valence-electron chi connectivity index (χ0n) is 10.2. The molecule has 0 fully saturated rings. The molecule has 0 saturated carbocycles. The minimum absolute atomic E-state index is 0.259. The van der Waals surface area contributed by atoms with Crippen molar-refractivity contribution in [3.63, 3.8) is 0 Å². The van der Waals surface area contributed by atoms with Gasteiger partial charge >= 0.3 is 0 Å². The Morgan fingerprint density at radius 2 is 1.94 bits per heavy atom. The Balaban J connectivity index is 3.08. The van der Waals surface area contributed by atoms with E-state index in [4.69, 9.17) is 0 Å². The molecule has 0 aliphatic rings. The van der Waals surface area contributed by atoms with Crippen LogP contribution in [0.1, 0.15) is 25.8 Å². The van der Waals surface area contributed by atoms with Crippen LogP contribution in [0, 0.1) is 0 Å². The molecule has 0 amide bonds. The molecular formula is C12H19NO3S. The maximum absolute atomic E-state index is 11.9. The van der Waals surface area contributed by atoms with Gasteiger partial charge in [-0.2, -0.15) is 0 Å². The van der Waals surface area contributed by atoms with Crippen molar-refractivity contribution >= 4 is 10.0 Å². The largest absolute Gasteiger partial charge is 0.393 e. The van der Waals surface area contributed by atoms with Crippen molar-refractivity contribution in [3.8, 4) is 0 Å². The van der Waals surface area contributed by atoms with Gasteiger partial charge in [-0.15, -0.1) is 0 Å². The molecule has 4 nitrogen and oxygen atoms in total. The number of aliphatic hydroxyl groups is 1. The van der Waals surface area contributed by atoms with E-state index in [1.54, 1.807) is 31.2 Å². The van der Waals surface area contributed by atoms with Crippen molar-refractivity contribution in [1.29, 1.82) is 0 Å². The zero-order valence-corrected chi connectivity index (χ0v) is 11.0. The number of sulfonamides is 1. The Hall–Kier alpha value is -0.910. The van der Waals surface area contributed by atoms with Gasteiger partial charge in [-0.25, -0.2) is 13.1 Å². The first-order valence-electron chi connectivity index (χ1n) is 5.76. The van der Waals surface area contributed by atoms with E-state index in [0.717, 1.165) is 0 Å². The molecule has 0 heterocycles. The SMILES string of the molecule is CCNS(=O)(=O)c1ccccc1CC(O)CC. The van der Waals surface area contributed by atoms with Gasteiger partial charge in [0.1, 0.15) is 0 Å². The van der Waals surface area contributed by atoms with Crippen LogP contribution < -0.4 is 4.72 Å². The number of nitrogens with one attached hydrogen (secondary N) is 1. The Labute approximate surface area is 103 Å². The van der Waals surface area contributed by atoms with Gasteiger partial charge < -0.3 is 5.11 Å². The van der Waals surface area contributed by atoms with Crippen LogP contribution in [-0.4, -0.2) is 26.2 Å². The second-order valence-corrected chi connectivity index (χ2v) is 5.61. The van der Waals surface area contributed by atoms with Gasteiger partial charge in [-0.3, -0.25) is 0 Å². The monoisotopic (exact) mass is 257 g/mol. The maximum atomic E-state index is 11.9. The summed E-state index contributed by atoms with van der Waals surface area (Å²) in [4.78, 5) is 0.259. The lowest BCUT2D eigenvalue weighted by Gasteiger charge is -2.13. The van der Waals surface area contributed by atoms with Crippen LogP contribution in [0.4, 0.5) is 0 Å². The minimum atomic E-state index is -3.46. The van der Waals surface area contributed by atoms with Crippen molar-refractivity contribution < 1.29 is 13.5 Å². The summed E-state index contributed by atoms with van der Waals surface area (Å²) < 4.78 is 26.3. The van der Waals surface area contributed by atoms with E-state index in [-0.39, 0.29) is 4.90 Å². The molecule has 5 heteroatoms. The topological polar surface area (TPSA) is 66.4 Å². The molecule has 1 aromatic rings. The highest BCUT2D eigenvalue weighted by Crippen LogP contribution is 2.17. The third-order valence-electron chi connectivity index (χ3n) is 2.52. The normalized spacial score (nSPS) is 13.6. The summed E-state index contributed by atoms with van der Waals surface area (Å²) in [5.41, 5.74) is 0.655. The predicted molar refractivity (Wildman–Crippen MR) is 67.3 cm³/mol. The second-order valence-electron chi connectivity index (χ2n) is 3.88. The number of benzene rings is 1. The quantitative estimate of drug-likeness (QED) is 0.807. The maximum Gasteiger partial charge on any atom is 0.240 e. The Kier molecular flexibility index (Phi) is 5.11. The first-order valence-corrected chi connectivity index (χ1v) is 7.25. The number of hydrogen-bond donors (Lipinski definition) is 2. The fourth-order valence-corrected chi connectivity index (χ4v) is 2.89. The number of aliphatic hydroxyl groups excluding tert-OH is 1. The number of hydrogen-bond acceptors (Lipinski definition) is 3. The standard InChI is InChI=1S/C12H19NO3S/c1-3-11(14)9-10-7-5-6-8-12(10)17(15,16)13-4-2/h5-8,11,13-14H,3-4,9H2,1-2H3. The fraction of sp³-hybridized carbons (Fsp3) is 0.500. The van der Waals surface area contributed by atoms with Crippen LogP contribution in [0.15, 0.2) is 29.2 Å². The first-order chi connectivity index (χ1) is 8.01. The molecule has 17 heavy (non-hydrogen) atoms. The Bertz CT molecular complexity index is 457. The fourth-order valence-electron chi connectivity index (χ4n) is 1.60. The second kappa shape index (κ2) is 6.14. The third-order valence-corrected chi connectivity index (χ3v) is 4.17. The van der Waals surface area contributed by atoms with Crippen LogP contribution in [0.25, 0.3) is 0 Å². The Morgan fingerprint density at radius 3 is 2.53 bits per heavy atom. The summed E-state index contributed by atoms with van der Waals surface area (Å²) in [5.74, 6) is 0. The lowest BCUT2D eigenvalue weighted by molar-refractivity contribution is 0.170. The van der Waals surface area contributed by atoms with Crippen molar-refractivity contribution in [1.82, 2.24) is 4.72 Å². The lowest BCUT2D eigenvalue weighted by atomic mass is 10.1. The minimum Gasteiger partial charge on any atom is -0.393 e. The van der Waals surface area contributed by atoms with E-state index in [2.05, 4.69) is 4.72 Å². The van der Waals surface area contributed by atoms with Crippen LogP contribution in [0.3, 0.4) is 0 Å². The Morgan fingerprint density at radius 1 is 1.29 bits per heavy atom. The summed E-state index contributed by atoms with van der Waals surface area (Å²) in [5, 5.41) is 9.62. The van der Waals surface area contributed by atoms with E-state index in [1.807, 2.05) is 6.92 Å². The van der Waals surface area contributed by atoms with Crippen LogP contribution >= 0.6 is 0 Å². The summed E-state index contributed by atoms with van der Waals surface area (Å²) in [6.07, 6.45) is 0.459. The molecule has 0 aliphatic carbocycles.